The molecule has 0 saturated heterocycles. The van der Waals surface area contributed by atoms with E-state index in [0.717, 1.165) is 24.3 Å². The number of carbonyl (C=O) groups is 8. The van der Waals surface area contributed by atoms with E-state index >= 15 is 0 Å². The predicted octanol–water partition coefficient (Wildman–Crippen LogP) is 4.33. The van der Waals surface area contributed by atoms with E-state index in [1.165, 1.54) is 72.8 Å². The molecule has 4 aromatic carbocycles. The minimum Gasteiger partial charge on any atom is -0.478 e. The first kappa shape index (κ1) is 38.7. The van der Waals surface area contributed by atoms with Crippen LogP contribution in [0.4, 0.5) is 0 Å². The summed E-state index contributed by atoms with van der Waals surface area (Å²) in [6.07, 6.45) is 0. The SMILES string of the molecule is O=C(O)c1cccc(C(=O)O)c1.O=C(O)c1cccc(C(=O)O)c1.O=C(O)c1cccc(C(=O)O)c1.O=C(O)c1cccc(C(=O)O)c1. The molecule has 0 unspecified atom stereocenters. The van der Waals surface area contributed by atoms with Crippen molar-refractivity contribution < 1.29 is 79.2 Å². The van der Waals surface area contributed by atoms with Crippen LogP contribution in [0, 0.1) is 0 Å². The molecule has 0 aromatic heterocycles. The van der Waals surface area contributed by atoms with Crippen LogP contribution in [-0.2, 0) is 0 Å². The van der Waals surface area contributed by atoms with Crippen molar-refractivity contribution in [3.63, 3.8) is 0 Å². The Morgan fingerprint density at radius 3 is 0.438 bits per heavy atom. The van der Waals surface area contributed by atoms with Gasteiger partial charge < -0.3 is 40.9 Å². The Bertz CT molecular complexity index is 1470. The molecule has 0 aliphatic carbocycles. The van der Waals surface area contributed by atoms with E-state index in [1.54, 1.807) is 0 Å². The van der Waals surface area contributed by atoms with Gasteiger partial charge in [0.05, 0.1) is 44.5 Å². The molecule has 4 aromatic rings. The number of aromatic carboxylic acids is 8. The number of benzene rings is 4. The highest BCUT2D eigenvalue weighted by atomic mass is 16.4. The maximum atomic E-state index is 10.4. The molecule has 0 radical (unpaired) electrons. The molecule has 0 bridgehead atoms. The van der Waals surface area contributed by atoms with E-state index < -0.39 is 47.8 Å². The Hall–Kier alpha value is -7.36. The lowest BCUT2D eigenvalue weighted by Crippen LogP contribution is -2.01. The molecule has 0 spiro atoms. The first-order valence-corrected chi connectivity index (χ1v) is 12.7. The van der Waals surface area contributed by atoms with Crippen molar-refractivity contribution >= 4 is 47.8 Å². The van der Waals surface area contributed by atoms with Crippen molar-refractivity contribution in [3.8, 4) is 0 Å². The highest BCUT2D eigenvalue weighted by Gasteiger charge is 2.09. The third-order valence-electron chi connectivity index (χ3n) is 5.43. The van der Waals surface area contributed by atoms with E-state index in [-0.39, 0.29) is 44.5 Å². The molecule has 0 aliphatic heterocycles. The van der Waals surface area contributed by atoms with Gasteiger partial charge in [0, 0.05) is 0 Å². The van der Waals surface area contributed by atoms with Crippen LogP contribution in [0.5, 0.6) is 0 Å². The summed E-state index contributed by atoms with van der Waals surface area (Å²) in [6, 6.07) is 20.8. The number of rotatable bonds is 8. The zero-order chi connectivity index (χ0) is 36.6. The van der Waals surface area contributed by atoms with Gasteiger partial charge in [0.25, 0.3) is 0 Å². The zero-order valence-electron chi connectivity index (χ0n) is 24.1. The number of hydrogen-bond acceptors (Lipinski definition) is 8. The third kappa shape index (κ3) is 13.1. The highest BCUT2D eigenvalue weighted by molar-refractivity contribution is 5.95. The Kier molecular flexibility index (Phi) is 14.9. The van der Waals surface area contributed by atoms with Crippen molar-refractivity contribution in [2.45, 2.75) is 0 Å². The van der Waals surface area contributed by atoms with Crippen molar-refractivity contribution in [3.05, 3.63) is 142 Å². The van der Waals surface area contributed by atoms with Gasteiger partial charge in [-0.25, -0.2) is 38.4 Å². The molecule has 248 valence electrons. The molecule has 8 N–H and O–H groups in total. The van der Waals surface area contributed by atoms with Crippen molar-refractivity contribution in [2.24, 2.45) is 0 Å². The van der Waals surface area contributed by atoms with Gasteiger partial charge in [0.2, 0.25) is 0 Å². The van der Waals surface area contributed by atoms with Gasteiger partial charge in [-0.05, 0) is 72.8 Å². The molecular weight excluding hydrogens is 640 g/mol. The Labute approximate surface area is 268 Å². The molecule has 0 fully saturated rings. The Balaban J connectivity index is 0.000000320. The molecule has 4 rings (SSSR count). The van der Waals surface area contributed by atoms with Crippen molar-refractivity contribution in [1.82, 2.24) is 0 Å². The summed E-state index contributed by atoms with van der Waals surface area (Å²) in [5, 5.41) is 68.0. The molecule has 0 amide bonds. The summed E-state index contributed by atoms with van der Waals surface area (Å²) in [5.74, 6) is -9.01. The molecule has 0 aliphatic rings. The lowest BCUT2D eigenvalue weighted by Gasteiger charge is -1.95. The van der Waals surface area contributed by atoms with Gasteiger partial charge in [-0.15, -0.1) is 0 Å². The van der Waals surface area contributed by atoms with Crippen LogP contribution < -0.4 is 0 Å². The van der Waals surface area contributed by atoms with Crippen LogP contribution >= 0.6 is 0 Å². The van der Waals surface area contributed by atoms with Crippen molar-refractivity contribution in [2.75, 3.05) is 0 Å². The van der Waals surface area contributed by atoms with Gasteiger partial charge in [0.1, 0.15) is 0 Å². The number of hydrogen-bond donors (Lipinski definition) is 8. The molecule has 0 saturated carbocycles. The minimum absolute atomic E-state index is 0.0186. The highest BCUT2D eigenvalue weighted by Crippen LogP contribution is 2.07. The molecule has 16 nitrogen and oxygen atoms in total. The minimum atomic E-state index is -1.13. The molecule has 0 atom stereocenters. The van der Waals surface area contributed by atoms with Gasteiger partial charge in [-0.3, -0.25) is 0 Å². The molecule has 16 heteroatoms. The summed E-state index contributed by atoms with van der Waals surface area (Å²) >= 11 is 0. The smallest absolute Gasteiger partial charge is 0.335 e. The normalized spacial score (nSPS) is 9.33. The lowest BCUT2D eigenvalue weighted by molar-refractivity contribution is 0.0676. The lowest BCUT2D eigenvalue weighted by atomic mass is 10.1. The summed E-state index contributed by atoms with van der Waals surface area (Å²) in [4.78, 5) is 83.1. The first-order valence-electron chi connectivity index (χ1n) is 12.7. The van der Waals surface area contributed by atoms with Crippen LogP contribution in [0.15, 0.2) is 97.1 Å². The average Bonchev–Trinajstić information content (AvgIpc) is 3.05. The second-order valence-corrected chi connectivity index (χ2v) is 8.76. The van der Waals surface area contributed by atoms with E-state index in [1.807, 2.05) is 0 Å². The fourth-order valence-electron chi connectivity index (χ4n) is 3.14. The predicted molar refractivity (Wildman–Crippen MR) is 161 cm³/mol. The Morgan fingerprint density at radius 1 is 0.250 bits per heavy atom. The molecule has 48 heavy (non-hydrogen) atoms. The molecular formula is C32H24O16. The maximum Gasteiger partial charge on any atom is 0.335 e. The summed E-state index contributed by atoms with van der Waals surface area (Å²) < 4.78 is 0. The quantitative estimate of drug-likeness (QED) is 0.130. The van der Waals surface area contributed by atoms with Crippen LogP contribution in [-0.4, -0.2) is 88.6 Å². The summed E-state index contributed by atoms with van der Waals surface area (Å²) in [6.45, 7) is 0. The van der Waals surface area contributed by atoms with Gasteiger partial charge in [-0.2, -0.15) is 0 Å². The maximum absolute atomic E-state index is 10.4. The Morgan fingerprint density at radius 2 is 0.354 bits per heavy atom. The summed E-state index contributed by atoms with van der Waals surface area (Å²) in [5.41, 5.74) is -0.149. The second kappa shape index (κ2) is 18.4. The van der Waals surface area contributed by atoms with E-state index in [9.17, 15) is 38.4 Å². The largest absolute Gasteiger partial charge is 0.478 e. The van der Waals surface area contributed by atoms with Gasteiger partial charge >= 0.3 is 47.8 Å². The first-order chi connectivity index (χ1) is 22.4. The third-order valence-corrected chi connectivity index (χ3v) is 5.43. The van der Waals surface area contributed by atoms with Gasteiger partial charge in [0.15, 0.2) is 0 Å². The fraction of sp³-hybridized carbons (Fsp3) is 0. The van der Waals surface area contributed by atoms with E-state index in [4.69, 9.17) is 40.9 Å². The van der Waals surface area contributed by atoms with Crippen LogP contribution in [0.2, 0.25) is 0 Å². The topological polar surface area (TPSA) is 298 Å². The van der Waals surface area contributed by atoms with E-state index in [0.29, 0.717) is 0 Å². The molecule has 0 heterocycles. The van der Waals surface area contributed by atoms with E-state index in [2.05, 4.69) is 0 Å². The summed E-state index contributed by atoms with van der Waals surface area (Å²) in [7, 11) is 0. The second-order valence-electron chi connectivity index (χ2n) is 8.76. The van der Waals surface area contributed by atoms with Gasteiger partial charge in [-0.1, -0.05) is 24.3 Å². The zero-order valence-corrected chi connectivity index (χ0v) is 24.1. The monoisotopic (exact) mass is 664 g/mol. The van der Waals surface area contributed by atoms with Crippen molar-refractivity contribution in [1.29, 1.82) is 0 Å². The van der Waals surface area contributed by atoms with Crippen LogP contribution in [0.1, 0.15) is 82.9 Å². The van der Waals surface area contributed by atoms with Crippen LogP contribution in [0.3, 0.4) is 0 Å². The standard InChI is InChI=1S/4C8H6O4/c4*9-7(10)5-2-1-3-6(4-5)8(11)12/h4*1-4H,(H,9,10)(H,11,12). The number of carboxylic acids is 8. The van der Waals surface area contributed by atoms with Crippen LogP contribution in [0.25, 0.3) is 0 Å². The number of carboxylic acid groups (broad SMARTS) is 8. The fourth-order valence-corrected chi connectivity index (χ4v) is 3.14. The average molecular weight is 665 g/mol.